The maximum atomic E-state index is 13.0. The van der Waals surface area contributed by atoms with Crippen molar-refractivity contribution in [1.82, 2.24) is 0 Å². The van der Waals surface area contributed by atoms with Crippen LogP contribution in [-0.2, 0) is 21.2 Å². The minimum atomic E-state index is -3.89. The normalized spacial score (nSPS) is 32.4. The van der Waals surface area contributed by atoms with Gasteiger partial charge in [0.05, 0.1) is 10.5 Å². The summed E-state index contributed by atoms with van der Waals surface area (Å²) < 4.78 is 29.5. The molecule has 7 heteroatoms. The van der Waals surface area contributed by atoms with Crippen LogP contribution in [0.3, 0.4) is 0 Å². The van der Waals surface area contributed by atoms with Crippen molar-refractivity contribution in [3.05, 3.63) is 59.2 Å². The van der Waals surface area contributed by atoms with Crippen molar-refractivity contribution in [3.63, 3.8) is 0 Å². The summed E-state index contributed by atoms with van der Waals surface area (Å²) in [5.41, 5.74) is 2.91. The van der Waals surface area contributed by atoms with Crippen molar-refractivity contribution >= 4 is 16.0 Å². The van der Waals surface area contributed by atoms with Gasteiger partial charge in [-0.3, -0.25) is 0 Å². The molecule has 0 spiro atoms. The monoisotopic (exact) mass is 483 g/mol. The summed E-state index contributed by atoms with van der Waals surface area (Å²) in [5, 5.41) is 15.2. The van der Waals surface area contributed by atoms with E-state index in [0.29, 0.717) is 17.6 Å². The molecule has 5 rings (SSSR count). The van der Waals surface area contributed by atoms with Crippen LogP contribution in [0.2, 0.25) is 0 Å². The number of primary sulfonamides is 1. The van der Waals surface area contributed by atoms with E-state index < -0.39 is 16.0 Å². The van der Waals surface area contributed by atoms with E-state index >= 15 is 0 Å². The van der Waals surface area contributed by atoms with Crippen molar-refractivity contribution in [3.8, 4) is 5.75 Å². The molecule has 34 heavy (non-hydrogen) atoms. The third-order valence-corrected chi connectivity index (χ3v) is 10.2. The average molecular weight is 484 g/mol. The number of hydrogen-bond donors (Lipinski definition) is 2. The predicted octanol–water partition coefficient (Wildman–Crippen LogP) is 4.90. The SMILES string of the molecule is CC[C@@]12CCc3cc(O)ccc3[C@H]1CC[C@]1(C)[C@@H](OC(=O)c3cccc(S(N)(=O)=O)c3)CC[C@H]12. The summed E-state index contributed by atoms with van der Waals surface area (Å²) in [6.45, 7) is 4.57. The first-order valence-corrected chi connectivity index (χ1v) is 13.8. The second-order valence-electron chi connectivity index (χ2n) is 10.7. The van der Waals surface area contributed by atoms with Gasteiger partial charge in [0.15, 0.2) is 0 Å². The van der Waals surface area contributed by atoms with Crippen LogP contribution in [0.4, 0.5) is 0 Å². The van der Waals surface area contributed by atoms with Crippen molar-refractivity contribution in [2.24, 2.45) is 21.9 Å². The summed E-state index contributed by atoms with van der Waals surface area (Å²) >= 11 is 0. The maximum Gasteiger partial charge on any atom is 0.338 e. The lowest BCUT2D eigenvalue weighted by Gasteiger charge is -2.58. The molecule has 2 aromatic carbocycles. The molecule has 3 aliphatic rings. The second-order valence-corrected chi connectivity index (χ2v) is 12.2. The van der Waals surface area contributed by atoms with Gasteiger partial charge in [-0.05, 0) is 104 Å². The number of ether oxygens (including phenoxy) is 1. The highest BCUT2D eigenvalue weighted by Gasteiger charge is 2.62. The van der Waals surface area contributed by atoms with Gasteiger partial charge in [0.2, 0.25) is 10.0 Å². The van der Waals surface area contributed by atoms with E-state index in [-0.39, 0.29) is 27.4 Å². The van der Waals surface area contributed by atoms with E-state index in [1.165, 1.54) is 29.3 Å². The number of carbonyl (C=O) groups is 1. The zero-order valence-electron chi connectivity index (χ0n) is 19.8. The molecule has 5 atom stereocenters. The third-order valence-electron chi connectivity index (χ3n) is 9.28. The van der Waals surface area contributed by atoms with Crippen LogP contribution in [0.1, 0.15) is 79.8 Å². The number of phenolic OH excluding ortho intramolecular Hbond substituents is 1. The molecule has 6 nitrogen and oxygen atoms in total. The topological polar surface area (TPSA) is 107 Å². The van der Waals surface area contributed by atoms with E-state index in [4.69, 9.17) is 9.88 Å². The van der Waals surface area contributed by atoms with Gasteiger partial charge in [-0.1, -0.05) is 26.0 Å². The zero-order valence-corrected chi connectivity index (χ0v) is 20.6. The van der Waals surface area contributed by atoms with E-state index in [0.717, 1.165) is 44.9 Å². The largest absolute Gasteiger partial charge is 0.508 e. The molecule has 2 saturated carbocycles. The molecule has 0 aromatic heterocycles. The number of nitrogens with two attached hydrogens (primary N) is 1. The Bertz CT molecular complexity index is 1240. The molecule has 0 unspecified atom stereocenters. The van der Waals surface area contributed by atoms with E-state index in [1.54, 1.807) is 6.07 Å². The van der Waals surface area contributed by atoms with Crippen molar-refractivity contribution in [1.29, 1.82) is 0 Å². The zero-order chi connectivity index (χ0) is 24.3. The van der Waals surface area contributed by atoms with E-state index in [9.17, 15) is 18.3 Å². The van der Waals surface area contributed by atoms with E-state index in [1.807, 2.05) is 12.1 Å². The second kappa shape index (κ2) is 8.09. The lowest BCUT2D eigenvalue weighted by Crippen LogP contribution is -2.52. The quantitative estimate of drug-likeness (QED) is 0.602. The fourth-order valence-corrected chi connectivity index (χ4v) is 8.22. The number of hydrogen-bond acceptors (Lipinski definition) is 5. The lowest BCUT2D eigenvalue weighted by atomic mass is 9.46. The minimum Gasteiger partial charge on any atom is -0.508 e. The summed E-state index contributed by atoms with van der Waals surface area (Å²) in [7, 11) is -3.89. The first kappa shape index (κ1) is 23.4. The van der Waals surface area contributed by atoms with Crippen LogP contribution in [0, 0.1) is 16.7 Å². The highest BCUT2D eigenvalue weighted by atomic mass is 32.2. The molecule has 3 aliphatic carbocycles. The Labute approximate surface area is 201 Å². The Morgan fingerprint density at radius 1 is 1.15 bits per heavy atom. The molecule has 2 aromatic rings. The Morgan fingerprint density at radius 2 is 1.94 bits per heavy atom. The molecular formula is C27H33NO5S. The maximum absolute atomic E-state index is 13.0. The Balaban J connectivity index is 1.42. The molecule has 0 heterocycles. The number of phenols is 1. The van der Waals surface area contributed by atoms with Gasteiger partial charge in [-0.15, -0.1) is 0 Å². The molecule has 0 radical (unpaired) electrons. The summed E-state index contributed by atoms with van der Waals surface area (Å²) in [6.07, 6.45) is 6.77. The Kier molecular flexibility index (Phi) is 5.56. The van der Waals surface area contributed by atoms with Gasteiger partial charge in [-0.25, -0.2) is 18.4 Å². The summed E-state index contributed by atoms with van der Waals surface area (Å²) in [5.74, 6) is 0.748. The summed E-state index contributed by atoms with van der Waals surface area (Å²) in [4.78, 5) is 13.0. The smallest absolute Gasteiger partial charge is 0.338 e. The van der Waals surface area contributed by atoms with Gasteiger partial charge in [0.25, 0.3) is 0 Å². The number of fused-ring (bicyclic) bond motifs is 5. The first-order chi connectivity index (χ1) is 16.1. The van der Waals surface area contributed by atoms with Crippen LogP contribution in [-0.4, -0.2) is 25.6 Å². The van der Waals surface area contributed by atoms with Crippen LogP contribution in [0.25, 0.3) is 0 Å². The van der Waals surface area contributed by atoms with Gasteiger partial charge in [-0.2, -0.15) is 0 Å². The molecule has 0 saturated heterocycles. The third kappa shape index (κ3) is 3.55. The molecular weight excluding hydrogens is 450 g/mol. The molecule has 0 bridgehead atoms. The number of esters is 1. The van der Waals surface area contributed by atoms with Gasteiger partial charge in [0, 0.05) is 5.41 Å². The van der Waals surface area contributed by atoms with Gasteiger partial charge in [0.1, 0.15) is 11.9 Å². The molecule has 0 amide bonds. The molecule has 0 aliphatic heterocycles. The average Bonchev–Trinajstić information content (AvgIpc) is 3.14. The number of sulfonamides is 1. The fourth-order valence-electron chi connectivity index (χ4n) is 7.66. The first-order valence-electron chi connectivity index (χ1n) is 12.2. The number of aromatic hydroxyl groups is 1. The minimum absolute atomic E-state index is 0.0881. The van der Waals surface area contributed by atoms with Crippen LogP contribution < -0.4 is 5.14 Å². The van der Waals surface area contributed by atoms with Crippen molar-refractivity contribution in [2.75, 3.05) is 0 Å². The Hall–Kier alpha value is -2.38. The standard InChI is InChI=1S/C27H33NO5S/c1-3-27-14-11-17-15-19(29)7-8-21(17)22(27)12-13-26(2)23(27)9-10-24(26)33-25(30)18-5-4-6-20(16-18)34(28,31)32/h4-8,15-16,22-24,29H,3,9-14H2,1-2H3,(H2,28,31,32)/t22-,23-,24+,26+,27-/m1/s1. The molecule has 2 fully saturated rings. The van der Waals surface area contributed by atoms with Gasteiger partial charge < -0.3 is 9.84 Å². The van der Waals surface area contributed by atoms with Gasteiger partial charge >= 0.3 is 5.97 Å². The van der Waals surface area contributed by atoms with Crippen molar-refractivity contribution < 1.29 is 23.1 Å². The van der Waals surface area contributed by atoms with Crippen molar-refractivity contribution in [2.45, 2.75) is 75.7 Å². The van der Waals surface area contributed by atoms with E-state index in [2.05, 4.69) is 19.9 Å². The Morgan fingerprint density at radius 3 is 2.68 bits per heavy atom. The number of rotatable bonds is 4. The predicted molar refractivity (Wildman–Crippen MR) is 129 cm³/mol. The lowest BCUT2D eigenvalue weighted by molar-refractivity contribution is -0.0842. The fraction of sp³-hybridized carbons (Fsp3) is 0.519. The van der Waals surface area contributed by atoms with Crippen LogP contribution in [0.15, 0.2) is 47.4 Å². The molecule has 3 N–H and O–H groups in total. The number of benzene rings is 2. The highest BCUT2D eigenvalue weighted by molar-refractivity contribution is 7.89. The number of carbonyl (C=O) groups excluding carboxylic acids is 1. The van der Waals surface area contributed by atoms with Crippen LogP contribution in [0.5, 0.6) is 5.75 Å². The van der Waals surface area contributed by atoms with Crippen LogP contribution >= 0.6 is 0 Å². The summed E-state index contributed by atoms with van der Waals surface area (Å²) in [6, 6.07) is 11.6. The molecule has 182 valence electrons. The number of aryl methyl sites for hydroxylation is 1. The highest BCUT2D eigenvalue weighted by Crippen LogP contribution is 2.68.